The van der Waals surface area contributed by atoms with Crippen LogP contribution in [-0.2, 0) is 21.2 Å². The second-order valence-corrected chi connectivity index (χ2v) is 8.27. The number of nitrogens with zero attached hydrogens (tertiary/aromatic N) is 1. The fraction of sp³-hybridized carbons (Fsp3) is 0.350. The lowest BCUT2D eigenvalue weighted by Gasteiger charge is -2.14. The summed E-state index contributed by atoms with van der Waals surface area (Å²) in [7, 11) is 1.26. The molecule has 2 rings (SSSR count). The summed E-state index contributed by atoms with van der Waals surface area (Å²) in [5.74, 6) is 1.07. The van der Waals surface area contributed by atoms with Gasteiger partial charge in [-0.15, -0.1) is 0 Å². The molecule has 28 heavy (non-hydrogen) atoms. The number of aryl methyl sites for hydroxylation is 1. The molecule has 8 heteroatoms. The van der Waals surface area contributed by atoms with Crippen molar-refractivity contribution in [2.45, 2.75) is 18.2 Å². The molecule has 2 aromatic rings. The minimum absolute atomic E-state index is 0.0972. The topological polar surface area (TPSA) is 84.9 Å². The number of benzene rings is 2. The van der Waals surface area contributed by atoms with Crippen LogP contribution in [0, 0.1) is 6.92 Å². The molecule has 0 fully saturated rings. The number of rotatable bonds is 9. The van der Waals surface area contributed by atoms with Gasteiger partial charge in [0.2, 0.25) is 10.0 Å². The van der Waals surface area contributed by atoms with E-state index in [0.717, 1.165) is 11.3 Å². The van der Waals surface area contributed by atoms with Crippen molar-refractivity contribution >= 4 is 15.9 Å². The summed E-state index contributed by atoms with van der Waals surface area (Å²) in [6.07, 6.45) is 0.566. The quantitative estimate of drug-likeness (QED) is 0.688. The first-order valence-electron chi connectivity index (χ1n) is 8.79. The molecule has 0 aliphatic heterocycles. The van der Waals surface area contributed by atoms with Crippen LogP contribution in [-0.4, -0.2) is 53.6 Å². The molecule has 0 bridgehead atoms. The fourth-order valence-electron chi connectivity index (χ4n) is 2.42. The van der Waals surface area contributed by atoms with Gasteiger partial charge in [-0.25, -0.2) is 13.1 Å². The zero-order chi connectivity index (χ0) is 20.7. The van der Waals surface area contributed by atoms with Crippen molar-refractivity contribution in [3.05, 3.63) is 53.6 Å². The average molecular weight is 407 g/mol. The Kier molecular flexibility index (Phi) is 7.42. The van der Waals surface area contributed by atoms with Crippen LogP contribution in [0.3, 0.4) is 0 Å². The molecule has 0 atom stereocenters. The first kappa shape index (κ1) is 21.7. The normalized spacial score (nSPS) is 11.1. The predicted octanol–water partition coefficient (Wildman–Crippen LogP) is 1.99. The minimum atomic E-state index is -3.63. The molecule has 0 heterocycles. The highest BCUT2D eigenvalue weighted by Gasteiger charge is 2.15. The lowest BCUT2D eigenvalue weighted by atomic mass is 10.1. The van der Waals surface area contributed by atoms with E-state index in [-0.39, 0.29) is 24.0 Å². The Morgan fingerprint density at radius 3 is 2.36 bits per heavy atom. The molecule has 0 unspecified atom stereocenters. The van der Waals surface area contributed by atoms with Gasteiger partial charge in [-0.2, -0.15) is 0 Å². The maximum atomic E-state index is 12.5. The van der Waals surface area contributed by atoms with Gasteiger partial charge < -0.3 is 14.4 Å². The zero-order valence-electron chi connectivity index (χ0n) is 16.6. The van der Waals surface area contributed by atoms with E-state index in [4.69, 9.17) is 9.47 Å². The van der Waals surface area contributed by atoms with Gasteiger partial charge in [-0.1, -0.05) is 12.1 Å². The van der Waals surface area contributed by atoms with Crippen LogP contribution < -0.4 is 14.2 Å². The summed E-state index contributed by atoms with van der Waals surface area (Å²) in [5.41, 5.74) is 1.65. The van der Waals surface area contributed by atoms with E-state index in [2.05, 4.69) is 4.72 Å². The number of carbonyl (C=O) groups is 1. The van der Waals surface area contributed by atoms with E-state index in [1.54, 1.807) is 34.2 Å². The number of carbonyl (C=O) groups excluding carboxylic acids is 1. The Hall–Kier alpha value is -2.58. The van der Waals surface area contributed by atoms with Gasteiger partial charge in [-0.05, 0) is 54.8 Å². The van der Waals surface area contributed by atoms with Gasteiger partial charge in [0.05, 0.1) is 12.0 Å². The Labute approximate surface area is 166 Å². The highest BCUT2D eigenvalue weighted by molar-refractivity contribution is 7.89. The van der Waals surface area contributed by atoms with Gasteiger partial charge in [0.15, 0.2) is 6.61 Å². The van der Waals surface area contributed by atoms with Gasteiger partial charge in [0, 0.05) is 20.6 Å². The van der Waals surface area contributed by atoms with Crippen molar-refractivity contribution in [3.63, 3.8) is 0 Å². The summed E-state index contributed by atoms with van der Waals surface area (Å²) >= 11 is 0. The van der Waals surface area contributed by atoms with Gasteiger partial charge >= 0.3 is 0 Å². The molecule has 1 amide bonds. The molecule has 0 aliphatic carbocycles. The van der Waals surface area contributed by atoms with E-state index in [1.807, 2.05) is 24.3 Å². The number of amides is 1. The van der Waals surface area contributed by atoms with Crippen molar-refractivity contribution in [3.8, 4) is 11.5 Å². The molecule has 7 nitrogen and oxygen atoms in total. The SMILES string of the molecule is COc1ccc(CCNS(=O)(=O)c2ccc(OCC(=O)N(C)C)c(C)c2)cc1. The second-order valence-electron chi connectivity index (χ2n) is 6.50. The molecule has 0 saturated heterocycles. The highest BCUT2D eigenvalue weighted by atomic mass is 32.2. The van der Waals surface area contributed by atoms with Crippen molar-refractivity contribution in [1.82, 2.24) is 9.62 Å². The maximum Gasteiger partial charge on any atom is 0.259 e. The molecule has 0 saturated carbocycles. The number of nitrogens with one attached hydrogen (secondary N) is 1. The molecule has 1 N–H and O–H groups in total. The van der Waals surface area contributed by atoms with Gasteiger partial charge in [0.1, 0.15) is 11.5 Å². The first-order valence-corrected chi connectivity index (χ1v) is 10.3. The smallest absolute Gasteiger partial charge is 0.259 e. The Morgan fingerprint density at radius 2 is 1.79 bits per heavy atom. The summed E-state index contributed by atoms with van der Waals surface area (Å²) < 4.78 is 38.2. The summed E-state index contributed by atoms with van der Waals surface area (Å²) in [6.45, 7) is 1.93. The van der Waals surface area contributed by atoms with Crippen LogP contribution in [0.2, 0.25) is 0 Å². The third kappa shape index (κ3) is 5.97. The van der Waals surface area contributed by atoms with Crippen LogP contribution >= 0.6 is 0 Å². The lowest BCUT2D eigenvalue weighted by Crippen LogP contribution is -2.28. The molecule has 0 aliphatic rings. The van der Waals surface area contributed by atoms with E-state index < -0.39 is 10.0 Å². The Balaban J connectivity index is 1.96. The number of hydrogen-bond acceptors (Lipinski definition) is 5. The third-order valence-corrected chi connectivity index (χ3v) is 5.63. The van der Waals surface area contributed by atoms with Crippen molar-refractivity contribution in [1.29, 1.82) is 0 Å². The van der Waals surface area contributed by atoms with E-state index >= 15 is 0 Å². The molecular formula is C20H26N2O5S. The Bertz CT molecular complexity index is 909. The van der Waals surface area contributed by atoms with Gasteiger partial charge in [-0.3, -0.25) is 4.79 Å². The number of methoxy groups -OCH3 is 1. The van der Waals surface area contributed by atoms with Crippen LogP contribution in [0.15, 0.2) is 47.4 Å². The van der Waals surface area contributed by atoms with Gasteiger partial charge in [0.25, 0.3) is 5.91 Å². The van der Waals surface area contributed by atoms with E-state index in [1.165, 1.54) is 17.0 Å². The monoisotopic (exact) mass is 406 g/mol. The average Bonchev–Trinajstić information content (AvgIpc) is 2.67. The van der Waals surface area contributed by atoms with Crippen molar-refractivity contribution < 1.29 is 22.7 Å². The Morgan fingerprint density at radius 1 is 1.11 bits per heavy atom. The third-order valence-electron chi connectivity index (χ3n) is 4.17. The van der Waals surface area contributed by atoms with E-state index in [0.29, 0.717) is 17.7 Å². The number of likely N-dealkylation sites (N-methyl/N-ethyl adjacent to an activating group) is 1. The molecule has 0 radical (unpaired) electrons. The number of sulfonamides is 1. The first-order chi connectivity index (χ1) is 13.2. The highest BCUT2D eigenvalue weighted by Crippen LogP contribution is 2.22. The fourth-order valence-corrected chi connectivity index (χ4v) is 3.54. The molecular weight excluding hydrogens is 380 g/mol. The largest absolute Gasteiger partial charge is 0.497 e. The molecule has 2 aromatic carbocycles. The zero-order valence-corrected chi connectivity index (χ0v) is 17.4. The van der Waals surface area contributed by atoms with Crippen molar-refractivity contribution in [2.75, 3.05) is 34.4 Å². The van der Waals surface area contributed by atoms with Crippen LogP contribution in [0.5, 0.6) is 11.5 Å². The van der Waals surface area contributed by atoms with Crippen LogP contribution in [0.4, 0.5) is 0 Å². The molecule has 0 spiro atoms. The van der Waals surface area contributed by atoms with Crippen molar-refractivity contribution in [2.24, 2.45) is 0 Å². The second kappa shape index (κ2) is 9.57. The standard InChI is InChI=1S/C20H26N2O5S/c1-15-13-18(9-10-19(15)27-14-20(23)22(2)3)28(24,25)21-12-11-16-5-7-17(26-4)8-6-16/h5-10,13,21H,11-12,14H2,1-4H3. The minimum Gasteiger partial charge on any atom is -0.497 e. The lowest BCUT2D eigenvalue weighted by molar-refractivity contribution is -0.130. The van der Waals surface area contributed by atoms with Crippen LogP contribution in [0.25, 0.3) is 0 Å². The summed E-state index contributed by atoms with van der Waals surface area (Å²) in [4.78, 5) is 13.2. The molecule has 152 valence electrons. The number of hydrogen-bond donors (Lipinski definition) is 1. The molecule has 0 aromatic heterocycles. The van der Waals surface area contributed by atoms with Crippen LogP contribution in [0.1, 0.15) is 11.1 Å². The predicted molar refractivity (Wildman–Crippen MR) is 107 cm³/mol. The summed E-state index contributed by atoms with van der Waals surface area (Å²) in [5, 5.41) is 0. The maximum absolute atomic E-state index is 12.5. The summed E-state index contributed by atoms with van der Waals surface area (Å²) in [6, 6.07) is 12.1. The van der Waals surface area contributed by atoms with E-state index in [9.17, 15) is 13.2 Å². The number of ether oxygens (including phenoxy) is 2.